The van der Waals surface area contributed by atoms with Gasteiger partial charge in [0.05, 0.1) is 34.7 Å². The summed E-state index contributed by atoms with van der Waals surface area (Å²) in [6.07, 6.45) is 5.52. The van der Waals surface area contributed by atoms with Crippen LogP contribution >= 0.6 is 0 Å². The van der Waals surface area contributed by atoms with Crippen LogP contribution in [0.3, 0.4) is 0 Å². The molecule has 3 aromatic heterocycles. The lowest BCUT2D eigenvalue weighted by Crippen LogP contribution is -2.00. The first-order chi connectivity index (χ1) is 11.2. The molecule has 0 spiro atoms. The minimum Gasteiger partial charge on any atom is -0.497 e. The van der Waals surface area contributed by atoms with Crippen molar-refractivity contribution in [2.75, 3.05) is 7.11 Å². The number of aromatic amines is 1. The van der Waals surface area contributed by atoms with Crippen LogP contribution in [0, 0.1) is 0 Å². The first-order valence-electron chi connectivity index (χ1n) is 7.07. The number of nitrogens with one attached hydrogen (secondary N) is 1. The minimum atomic E-state index is -1.28. The minimum absolute atomic E-state index is 0.359. The number of hydrogen-bond acceptors (Lipinski definition) is 4. The largest absolute Gasteiger partial charge is 0.497 e. The van der Waals surface area contributed by atoms with Crippen LogP contribution in [0.2, 0.25) is 0 Å². The van der Waals surface area contributed by atoms with E-state index in [0.29, 0.717) is 10.9 Å². The fourth-order valence-corrected chi connectivity index (χ4v) is 3.60. The molecule has 3 heterocycles. The molecule has 0 aliphatic carbocycles. The molecule has 0 bridgehead atoms. The highest BCUT2D eigenvalue weighted by atomic mass is 32.2. The third-order valence-electron chi connectivity index (χ3n) is 3.67. The summed E-state index contributed by atoms with van der Waals surface area (Å²) in [6, 6.07) is 9.39. The van der Waals surface area contributed by atoms with Crippen LogP contribution in [0.5, 0.6) is 5.75 Å². The van der Waals surface area contributed by atoms with E-state index in [9.17, 15) is 4.21 Å². The Bertz CT molecular complexity index is 1020. The average Bonchev–Trinajstić information content (AvgIpc) is 3.21. The van der Waals surface area contributed by atoms with E-state index in [1.807, 2.05) is 47.1 Å². The second kappa shape index (κ2) is 5.51. The molecule has 0 amide bonds. The van der Waals surface area contributed by atoms with Gasteiger partial charge >= 0.3 is 0 Å². The van der Waals surface area contributed by atoms with E-state index in [-0.39, 0.29) is 0 Å². The van der Waals surface area contributed by atoms with Crippen LogP contribution in [0.25, 0.3) is 16.7 Å². The van der Waals surface area contributed by atoms with Crippen LogP contribution in [0.1, 0.15) is 5.56 Å². The number of aromatic nitrogens is 4. The molecule has 1 unspecified atom stereocenters. The van der Waals surface area contributed by atoms with Crippen molar-refractivity contribution in [3.63, 3.8) is 0 Å². The molecule has 0 radical (unpaired) electrons. The summed E-state index contributed by atoms with van der Waals surface area (Å²) in [5.41, 5.74) is 3.33. The highest BCUT2D eigenvalue weighted by molar-refractivity contribution is 7.84. The molecule has 1 atom stereocenters. The van der Waals surface area contributed by atoms with Gasteiger partial charge in [-0.25, -0.2) is 9.97 Å². The monoisotopic (exact) mass is 326 g/mol. The van der Waals surface area contributed by atoms with Crippen molar-refractivity contribution in [3.8, 4) is 5.75 Å². The first-order valence-corrected chi connectivity index (χ1v) is 8.39. The van der Waals surface area contributed by atoms with Gasteiger partial charge in [-0.15, -0.1) is 0 Å². The molecular formula is C16H14N4O2S. The molecule has 7 heteroatoms. The fraction of sp³-hybridized carbons (Fsp3) is 0.125. The van der Waals surface area contributed by atoms with Crippen molar-refractivity contribution in [2.24, 2.45) is 0 Å². The second-order valence-corrected chi connectivity index (χ2v) is 6.47. The molecule has 0 saturated carbocycles. The molecule has 0 saturated heterocycles. The number of methoxy groups -OCH3 is 1. The summed E-state index contributed by atoms with van der Waals surface area (Å²) in [5, 5.41) is 0.460. The predicted molar refractivity (Wildman–Crippen MR) is 88.0 cm³/mol. The Labute approximate surface area is 134 Å². The Morgan fingerprint density at radius 1 is 1.30 bits per heavy atom. The lowest BCUT2D eigenvalue weighted by molar-refractivity contribution is 0.415. The van der Waals surface area contributed by atoms with Crippen molar-refractivity contribution in [1.29, 1.82) is 0 Å². The third kappa shape index (κ3) is 2.49. The third-order valence-corrected chi connectivity index (χ3v) is 4.87. The molecular weight excluding hydrogens is 312 g/mol. The van der Waals surface area contributed by atoms with Gasteiger partial charge in [-0.05, 0) is 18.2 Å². The molecule has 1 N–H and O–H groups in total. The summed E-state index contributed by atoms with van der Waals surface area (Å²) >= 11 is 0. The zero-order valence-corrected chi connectivity index (χ0v) is 13.2. The van der Waals surface area contributed by atoms with E-state index < -0.39 is 10.8 Å². The number of H-pyrrole nitrogens is 1. The maximum Gasteiger partial charge on any atom is 0.197 e. The van der Waals surface area contributed by atoms with Crippen molar-refractivity contribution in [2.45, 2.75) is 10.9 Å². The number of imidazole rings is 2. The summed E-state index contributed by atoms with van der Waals surface area (Å²) < 4.78 is 19.8. The Kier molecular flexibility index (Phi) is 3.34. The Morgan fingerprint density at radius 3 is 3.09 bits per heavy atom. The summed E-state index contributed by atoms with van der Waals surface area (Å²) in [7, 11) is 0.336. The van der Waals surface area contributed by atoms with Crippen LogP contribution < -0.4 is 4.74 Å². The number of benzene rings is 1. The van der Waals surface area contributed by atoms with E-state index in [0.717, 1.165) is 28.0 Å². The maximum atomic E-state index is 12.7. The van der Waals surface area contributed by atoms with Crippen molar-refractivity contribution >= 4 is 27.5 Å². The number of hydrogen-bond donors (Lipinski definition) is 1. The van der Waals surface area contributed by atoms with Gasteiger partial charge in [0.1, 0.15) is 11.4 Å². The summed E-state index contributed by atoms with van der Waals surface area (Å²) in [4.78, 5) is 11.8. The van der Waals surface area contributed by atoms with Crippen LogP contribution in [0.4, 0.5) is 0 Å². The van der Waals surface area contributed by atoms with Gasteiger partial charge in [0.25, 0.3) is 0 Å². The molecule has 4 aromatic rings. The van der Waals surface area contributed by atoms with Gasteiger partial charge in [0, 0.05) is 30.2 Å². The zero-order valence-electron chi connectivity index (χ0n) is 12.4. The molecule has 0 fully saturated rings. The van der Waals surface area contributed by atoms with Crippen LogP contribution in [-0.4, -0.2) is 30.7 Å². The Hall–Kier alpha value is -2.67. The molecule has 0 aliphatic rings. The van der Waals surface area contributed by atoms with Crippen LogP contribution in [-0.2, 0) is 16.6 Å². The number of nitrogens with zero attached hydrogens (tertiary/aromatic N) is 3. The lowest BCUT2D eigenvalue weighted by Gasteiger charge is -2.02. The van der Waals surface area contributed by atoms with E-state index in [1.165, 1.54) is 0 Å². The zero-order chi connectivity index (χ0) is 15.8. The van der Waals surface area contributed by atoms with Gasteiger partial charge in [-0.1, -0.05) is 6.07 Å². The van der Waals surface area contributed by atoms with E-state index in [4.69, 9.17) is 4.74 Å². The smallest absolute Gasteiger partial charge is 0.197 e. The van der Waals surface area contributed by atoms with E-state index in [1.54, 1.807) is 13.3 Å². The first kappa shape index (κ1) is 14.0. The van der Waals surface area contributed by atoms with Gasteiger partial charge < -0.3 is 14.1 Å². The Balaban J connectivity index is 1.67. The second-order valence-electron chi connectivity index (χ2n) is 5.11. The van der Waals surface area contributed by atoms with E-state index >= 15 is 0 Å². The highest BCUT2D eigenvalue weighted by Crippen LogP contribution is 2.21. The standard InChI is InChI=1S/C16H14N4O2S/c1-22-12-4-5-13-14(9-12)19-16(18-13)23(21)10-11-3-2-7-20-8-6-17-15(11)20/h2-9H,10H2,1H3,(H,18,19). The molecule has 23 heavy (non-hydrogen) atoms. The molecule has 0 aliphatic heterocycles. The number of pyridine rings is 1. The number of ether oxygens (including phenoxy) is 1. The highest BCUT2D eigenvalue weighted by Gasteiger charge is 2.13. The quantitative estimate of drug-likeness (QED) is 0.625. The SMILES string of the molecule is COc1ccc2nc(S(=O)Cc3cccn4ccnc34)[nH]c2c1. The maximum absolute atomic E-state index is 12.7. The summed E-state index contributed by atoms with van der Waals surface area (Å²) in [5.74, 6) is 1.10. The van der Waals surface area contributed by atoms with Crippen molar-refractivity contribution < 1.29 is 8.95 Å². The van der Waals surface area contributed by atoms with Crippen molar-refractivity contribution in [3.05, 3.63) is 54.5 Å². The fourth-order valence-electron chi connectivity index (χ4n) is 2.53. The number of rotatable bonds is 4. The number of fused-ring (bicyclic) bond motifs is 2. The van der Waals surface area contributed by atoms with Gasteiger partial charge in [0.15, 0.2) is 5.16 Å². The molecule has 1 aromatic carbocycles. The van der Waals surface area contributed by atoms with Gasteiger partial charge in [-0.2, -0.15) is 0 Å². The molecule has 4 rings (SSSR count). The van der Waals surface area contributed by atoms with Gasteiger partial charge in [-0.3, -0.25) is 4.21 Å². The van der Waals surface area contributed by atoms with Gasteiger partial charge in [0.2, 0.25) is 0 Å². The predicted octanol–water partition coefficient (Wildman–Crippen LogP) is 2.53. The van der Waals surface area contributed by atoms with Crippen LogP contribution in [0.15, 0.2) is 54.1 Å². The normalized spacial score (nSPS) is 12.7. The van der Waals surface area contributed by atoms with Crippen molar-refractivity contribution in [1.82, 2.24) is 19.4 Å². The summed E-state index contributed by atoms with van der Waals surface area (Å²) in [6.45, 7) is 0. The van der Waals surface area contributed by atoms with E-state index in [2.05, 4.69) is 15.0 Å². The topological polar surface area (TPSA) is 72.3 Å². The molecule has 6 nitrogen and oxygen atoms in total. The Morgan fingerprint density at radius 2 is 2.22 bits per heavy atom. The molecule has 116 valence electrons. The lowest BCUT2D eigenvalue weighted by atomic mass is 10.3. The average molecular weight is 326 g/mol.